The van der Waals surface area contributed by atoms with Gasteiger partial charge in [-0.3, -0.25) is 4.68 Å². The fourth-order valence-corrected chi connectivity index (χ4v) is 3.71. The molecular weight excluding hydrogens is 435 g/mol. The minimum atomic E-state index is -0.592. The fourth-order valence-electron chi connectivity index (χ4n) is 3.71. The highest BCUT2D eigenvalue weighted by Gasteiger charge is 2.26. The maximum Gasteiger partial charge on any atom is 0.185 e. The van der Waals surface area contributed by atoms with Gasteiger partial charge >= 0.3 is 0 Å². The van der Waals surface area contributed by atoms with Gasteiger partial charge in [0.15, 0.2) is 23.2 Å². The van der Waals surface area contributed by atoms with E-state index in [1.165, 1.54) is 16.8 Å². The summed E-state index contributed by atoms with van der Waals surface area (Å²) >= 11 is 0. The average molecular weight is 459 g/mol. The number of nitrogen functional groups attached to an aromatic ring is 1. The van der Waals surface area contributed by atoms with Gasteiger partial charge in [-0.15, -0.1) is 0 Å². The molecule has 0 saturated heterocycles. The van der Waals surface area contributed by atoms with Crippen LogP contribution in [-0.2, 0) is 7.05 Å². The monoisotopic (exact) mass is 458 g/mol. The molecule has 2 aromatic heterocycles. The summed E-state index contributed by atoms with van der Waals surface area (Å²) in [4.78, 5) is 8.95. The quantitative estimate of drug-likeness (QED) is 0.524. The molecule has 4 heterocycles. The molecule has 0 aliphatic carbocycles. The largest absolute Gasteiger partial charge is 0.482 e. The number of nitrogens with two attached hydrogens (primary N) is 1. The first-order valence-electron chi connectivity index (χ1n) is 10.7. The molecule has 1 unspecified atom stereocenters. The SMILES string of the molecule is CC.CC1Oc2cc(cnc2N)-c2c(nn(C)c2C#N)N=C2C=CC=NN2c2ccc(F)cc21. The number of halogens is 1. The molecule has 1 atom stereocenters. The van der Waals surface area contributed by atoms with Crippen molar-refractivity contribution in [2.45, 2.75) is 26.9 Å². The summed E-state index contributed by atoms with van der Waals surface area (Å²) in [6.07, 6.45) is 6.05. The van der Waals surface area contributed by atoms with Gasteiger partial charge in [0.25, 0.3) is 0 Å². The normalized spacial score (nSPS) is 15.7. The molecule has 172 valence electrons. The second-order valence-electron chi connectivity index (χ2n) is 7.26. The van der Waals surface area contributed by atoms with Crippen molar-refractivity contribution in [2.24, 2.45) is 17.1 Å². The lowest BCUT2D eigenvalue weighted by Gasteiger charge is -2.26. The molecule has 0 saturated carbocycles. The lowest BCUT2D eigenvalue weighted by molar-refractivity contribution is 0.227. The van der Waals surface area contributed by atoms with Gasteiger partial charge in [0, 0.05) is 30.6 Å². The number of nitriles is 1. The zero-order valence-electron chi connectivity index (χ0n) is 19.2. The Morgan fingerprint density at radius 1 is 1.24 bits per heavy atom. The van der Waals surface area contributed by atoms with Crippen molar-refractivity contribution >= 4 is 29.4 Å². The van der Waals surface area contributed by atoms with Crippen molar-refractivity contribution in [3.8, 4) is 22.9 Å². The second-order valence-corrected chi connectivity index (χ2v) is 7.26. The first-order valence-corrected chi connectivity index (χ1v) is 10.7. The summed E-state index contributed by atoms with van der Waals surface area (Å²) in [6.45, 7) is 5.78. The van der Waals surface area contributed by atoms with Crippen LogP contribution in [0.4, 0.5) is 21.7 Å². The van der Waals surface area contributed by atoms with E-state index in [9.17, 15) is 9.65 Å². The van der Waals surface area contributed by atoms with Crippen molar-refractivity contribution in [2.75, 3.05) is 10.7 Å². The third-order valence-corrected chi connectivity index (χ3v) is 5.22. The van der Waals surface area contributed by atoms with E-state index in [1.807, 2.05) is 13.8 Å². The van der Waals surface area contributed by atoms with E-state index in [0.29, 0.717) is 45.5 Å². The predicted molar refractivity (Wildman–Crippen MR) is 130 cm³/mol. The molecule has 2 aliphatic heterocycles. The van der Waals surface area contributed by atoms with Crippen LogP contribution in [0.25, 0.3) is 11.1 Å². The van der Waals surface area contributed by atoms with Crippen molar-refractivity contribution in [1.82, 2.24) is 14.8 Å². The number of amidine groups is 1. The average Bonchev–Trinajstić information content (AvgIpc) is 3.16. The number of aryl methyl sites for hydroxylation is 1. The van der Waals surface area contributed by atoms with Gasteiger partial charge in [0.2, 0.25) is 0 Å². The summed E-state index contributed by atoms with van der Waals surface area (Å²) in [5.41, 5.74) is 8.57. The van der Waals surface area contributed by atoms with Crippen LogP contribution >= 0.6 is 0 Å². The van der Waals surface area contributed by atoms with E-state index in [1.54, 1.807) is 55.7 Å². The van der Waals surface area contributed by atoms with Crippen LogP contribution in [0.3, 0.4) is 0 Å². The van der Waals surface area contributed by atoms with E-state index >= 15 is 0 Å². The third-order valence-electron chi connectivity index (χ3n) is 5.22. The van der Waals surface area contributed by atoms with Gasteiger partial charge in [-0.05, 0) is 43.3 Å². The van der Waals surface area contributed by atoms with E-state index in [2.05, 4.69) is 21.3 Å². The molecule has 0 spiro atoms. The smallest absolute Gasteiger partial charge is 0.185 e. The number of hydrogen-bond acceptors (Lipinski definition) is 8. The van der Waals surface area contributed by atoms with E-state index in [0.717, 1.165) is 0 Å². The van der Waals surface area contributed by atoms with Crippen LogP contribution in [0.15, 0.2) is 52.7 Å². The Balaban J connectivity index is 0.00000133. The van der Waals surface area contributed by atoms with Crippen molar-refractivity contribution in [3.05, 3.63) is 59.7 Å². The fraction of sp³-hybridized carbons (Fsp3) is 0.208. The molecule has 34 heavy (non-hydrogen) atoms. The molecule has 2 aliphatic rings. The number of hydrogen-bond donors (Lipinski definition) is 1. The van der Waals surface area contributed by atoms with Gasteiger partial charge in [-0.1, -0.05) is 13.8 Å². The first kappa shape index (κ1) is 22.7. The van der Waals surface area contributed by atoms with Gasteiger partial charge in [-0.25, -0.2) is 19.4 Å². The van der Waals surface area contributed by atoms with Crippen molar-refractivity contribution in [1.29, 1.82) is 5.26 Å². The Bertz CT molecular complexity index is 1380. The summed E-state index contributed by atoms with van der Waals surface area (Å²) in [6, 6.07) is 8.21. The van der Waals surface area contributed by atoms with Crippen LogP contribution in [0, 0.1) is 17.1 Å². The van der Waals surface area contributed by atoms with E-state index in [4.69, 9.17) is 15.5 Å². The van der Waals surface area contributed by atoms with Gasteiger partial charge < -0.3 is 10.5 Å². The zero-order chi connectivity index (χ0) is 24.4. The van der Waals surface area contributed by atoms with Crippen molar-refractivity contribution < 1.29 is 9.13 Å². The summed E-state index contributed by atoms with van der Waals surface area (Å²) < 4.78 is 21.8. The second kappa shape index (κ2) is 9.15. The molecule has 5 rings (SSSR count). The van der Waals surface area contributed by atoms with Crippen LogP contribution < -0.4 is 15.5 Å². The Kier molecular flexibility index (Phi) is 6.10. The van der Waals surface area contributed by atoms with E-state index < -0.39 is 11.9 Å². The maximum atomic E-state index is 14.2. The number of aromatic nitrogens is 3. The molecule has 0 fully saturated rings. The minimum Gasteiger partial charge on any atom is -0.482 e. The lowest BCUT2D eigenvalue weighted by Crippen LogP contribution is -2.27. The number of nitrogens with zero attached hydrogens (tertiary/aromatic N) is 7. The van der Waals surface area contributed by atoms with Crippen LogP contribution in [0.5, 0.6) is 5.75 Å². The predicted octanol–water partition coefficient (Wildman–Crippen LogP) is 4.65. The molecule has 10 heteroatoms. The highest BCUT2D eigenvalue weighted by atomic mass is 19.1. The number of allylic oxidation sites excluding steroid dienone is 1. The van der Waals surface area contributed by atoms with E-state index in [-0.39, 0.29) is 5.82 Å². The van der Waals surface area contributed by atoms with Crippen molar-refractivity contribution in [3.63, 3.8) is 0 Å². The number of ether oxygens (including phenoxy) is 1. The highest BCUT2D eigenvalue weighted by Crippen LogP contribution is 2.39. The maximum absolute atomic E-state index is 14.2. The Labute approximate surface area is 196 Å². The zero-order valence-corrected chi connectivity index (χ0v) is 19.2. The number of benzene rings is 1. The molecule has 2 bridgehead atoms. The van der Waals surface area contributed by atoms with Gasteiger partial charge in [0.05, 0.1) is 11.3 Å². The molecule has 3 aromatic rings. The summed E-state index contributed by atoms with van der Waals surface area (Å²) in [7, 11) is 1.67. The minimum absolute atomic E-state index is 0.169. The Morgan fingerprint density at radius 2 is 2.03 bits per heavy atom. The van der Waals surface area contributed by atoms with Crippen LogP contribution in [-0.4, -0.2) is 26.8 Å². The highest BCUT2D eigenvalue weighted by molar-refractivity contribution is 6.11. The molecule has 0 radical (unpaired) electrons. The topological polar surface area (TPSA) is 118 Å². The molecule has 9 nitrogen and oxygen atoms in total. The number of hydrazone groups is 1. The van der Waals surface area contributed by atoms with Gasteiger partial charge in [-0.2, -0.15) is 15.5 Å². The Morgan fingerprint density at radius 3 is 2.79 bits per heavy atom. The number of anilines is 2. The Hall–Kier alpha value is -4.52. The summed E-state index contributed by atoms with van der Waals surface area (Å²) in [5.74, 6) is 0.812. The van der Waals surface area contributed by atoms with Gasteiger partial charge in [0.1, 0.15) is 23.7 Å². The third kappa shape index (κ3) is 3.88. The molecule has 0 amide bonds. The van der Waals surface area contributed by atoms with Crippen LogP contribution in [0.2, 0.25) is 0 Å². The first-order chi connectivity index (χ1) is 16.5. The molecule has 1 aromatic carbocycles. The summed E-state index contributed by atoms with van der Waals surface area (Å²) in [5, 5.41) is 20.2. The number of aliphatic imine (C=N–C) groups is 1. The molecule has 2 N–H and O–H groups in total. The number of fused-ring (bicyclic) bond motifs is 7. The molecular formula is C24H23FN8O. The lowest BCUT2D eigenvalue weighted by atomic mass is 10.1. The number of rotatable bonds is 0. The van der Waals surface area contributed by atoms with Crippen LogP contribution in [0.1, 0.15) is 38.1 Å². The standard InChI is InChI=1S/C22H17FN8O.C2H6/c1-12-15-9-14(23)5-6-16(15)31-19(4-3-7-27-31)28-22-20(17(10-24)30(2)29-22)13-8-18(32-12)21(25)26-11-13;1-2/h3-9,11-12H,1-2H3,(H2,25,26);1-2H3. The number of pyridine rings is 1.